The van der Waals surface area contributed by atoms with Gasteiger partial charge in [0, 0.05) is 15.4 Å². The molecule has 4 heteroatoms. The maximum atomic E-state index is 6.44. The van der Waals surface area contributed by atoms with Crippen molar-refractivity contribution in [1.82, 2.24) is 0 Å². The summed E-state index contributed by atoms with van der Waals surface area (Å²) in [5.74, 6) is 0. The van der Waals surface area contributed by atoms with E-state index in [0.29, 0.717) is 10.0 Å². The van der Waals surface area contributed by atoms with E-state index in [4.69, 9.17) is 39.5 Å². The molecule has 1 fully saturated rings. The summed E-state index contributed by atoms with van der Waals surface area (Å²) in [4.78, 5) is 0. The van der Waals surface area contributed by atoms with Gasteiger partial charge in [-0.3, -0.25) is 0 Å². The van der Waals surface area contributed by atoms with Gasteiger partial charge in [-0.05, 0) is 48.2 Å². The van der Waals surface area contributed by atoms with Gasteiger partial charge < -0.3 is 4.74 Å². The zero-order valence-corrected chi connectivity index (χ0v) is 13.6. The number of hydrogen-bond acceptors (Lipinski definition) is 1. The summed E-state index contributed by atoms with van der Waals surface area (Å²) in [5.41, 5.74) is 2.14. The van der Waals surface area contributed by atoms with Gasteiger partial charge in [0.25, 0.3) is 0 Å². The van der Waals surface area contributed by atoms with Crippen molar-refractivity contribution < 1.29 is 4.74 Å². The van der Waals surface area contributed by atoms with E-state index in [9.17, 15) is 0 Å². The van der Waals surface area contributed by atoms with Crippen LogP contribution in [0, 0.1) is 0 Å². The quantitative estimate of drug-likeness (QED) is 0.591. The Morgan fingerprint density at radius 2 is 1.29 bits per heavy atom. The number of alkyl halides is 1. The monoisotopic (exact) mass is 340 g/mol. The van der Waals surface area contributed by atoms with Crippen molar-refractivity contribution in [3.8, 4) is 0 Å². The Labute approximate surface area is 139 Å². The number of ether oxygens (including phenoxy) is 1. The highest BCUT2D eigenvalue weighted by atomic mass is 35.5. The van der Waals surface area contributed by atoms with E-state index in [-0.39, 0.29) is 17.6 Å². The molecule has 0 radical (unpaired) electrons. The molecular weight excluding hydrogens is 327 g/mol. The third-order valence-corrected chi connectivity index (χ3v) is 4.54. The van der Waals surface area contributed by atoms with Crippen molar-refractivity contribution in [1.29, 1.82) is 0 Å². The van der Waals surface area contributed by atoms with Crippen LogP contribution >= 0.6 is 34.8 Å². The molecule has 0 amide bonds. The molecule has 0 N–H and O–H groups in total. The van der Waals surface area contributed by atoms with Gasteiger partial charge in [-0.2, -0.15) is 0 Å². The summed E-state index contributed by atoms with van der Waals surface area (Å²) >= 11 is 18.6. The summed E-state index contributed by atoms with van der Waals surface area (Å²) in [5, 5.41) is 1.51. The Morgan fingerprint density at radius 1 is 0.810 bits per heavy atom. The van der Waals surface area contributed by atoms with Gasteiger partial charge >= 0.3 is 0 Å². The third kappa shape index (κ3) is 3.73. The van der Waals surface area contributed by atoms with Gasteiger partial charge in [0.2, 0.25) is 0 Å². The second kappa shape index (κ2) is 6.58. The zero-order chi connectivity index (χ0) is 14.8. The fourth-order valence-electron chi connectivity index (χ4n) is 2.71. The van der Waals surface area contributed by atoms with Gasteiger partial charge in [0.05, 0.1) is 12.2 Å². The normalized spacial score (nSPS) is 25.8. The first-order chi connectivity index (χ1) is 10.1. The van der Waals surface area contributed by atoms with E-state index in [1.54, 1.807) is 0 Å². The predicted octanol–water partition coefficient (Wildman–Crippen LogP) is 6.19. The molecule has 2 aromatic rings. The van der Waals surface area contributed by atoms with Crippen LogP contribution in [0.2, 0.25) is 10.0 Å². The van der Waals surface area contributed by atoms with E-state index in [2.05, 4.69) is 0 Å². The van der Waals surface area contributed by atoms with Crippen molar-refractivity contribution in [3.63, 3.8) is 0 Å². The summed E-state index contributed by atoms with van der Waals surface area (Å²) in [6, 6.07) is 15.5. The van der Waals surface area contributed by atoms with Gasteiger partial charge in [0.15, 0.2) is 0 Å². The fraction of sp³-hybridized carbons (Fsp3) is 0.294. The summed E-state index contributed by atoms with van der Waals surface area (Å²) in [6.07, 6.45) is 1.51. The molecule has 1 aliphatic heterocycles. The molecule has 1 nitrogen and oxygen atoms in total. The SMILES string of the molecule is Clc1cccc([C@@H]2CC(Cl)C[C@H](c3cccc(Cl)c3)O2)c1. The summed E-state index contributed by atoms with van der Waals surface area (Å²) < 4.78 is 6.24. The first-order valence-corrected chi connectivity index (χ1v) is 8.11. The Kier molecular flexibility index (Phi) is 4.75. The van der Waals surface area contributed by atoms with Crippen molar-refractivity contribution >= 4 is 34.8 Å². The Balaban J connectivity index is 1.85. The van der Waals surface area contributed by atoms with Crippen LogP contribution in [0.25, 0.3) is 0 Å². The average molecular weight is 342 g/mol. The van der Waals surface area contributed by atoms with Crippen LogP contribution in [-0.4, -0.2) is 5.38 Å². The van der Waals surface area contributed by atoms with Gasteiger partial charge in [-0.1, -0.05) is 47.5 Å². The molecular formula is C17H15Cl3O. The van der Waals surface area contributed by atoms with E-state index in [1.165, 1.54) is 0 Å². The van der Waals surface area contributed by atoms with Crippen LogP contribution < -0.4 is 0 Å². The molecule has 0 aromatic heterocycles. The molecule has 1 unspecified atom stereocenters. The molecule has 21 heavy (non-hydrogen) atoms. The largest absolute Gasteiger partial charge is 0.365 e. The first-order valence-electron chi connectivity index (χ1n) is 6.92. The lowest BCUT2D eigenvalue weighted by Crippen LogP contribution is -2.23. The first kappa shape index (κ1) is 15.2. The van der Waals surface area contributed by atoms with Crippen LogP contribution in [0.3, 0.4) is 0 Å². The molecule has 3 atom stereocenters. The lowest BCUT2D eigenvalue weighted by molar-refractivity contribution is -0.0516. The average Bonchev–Trinajstić information content (AvgIpc) is 2.46. The van der Waals surface area contributed by atoms with E-state index in [1.807, 2.05) is 48.5 Å². The molecule has 0 bridgehead atoms. The minimum absolute atomic E-state index is 0.0380. The van der Waals surface area contributed by atoms with Gasteiger partial charge in [-0.15, -0.1) is 11.6 Å². The lowest BCUT2D eigenvalue weighted by atomic mass is 9.94. The lowest BCUT2D eigenvalue weighted by Gasteiger charge is -2.33. The number of hydrogen-bond donors (Lipinski definition) is 0. The van der Waals surface area contributed by atoms with E-state index >= 15 is 0 Å². The van der Waals surface area contributed by atoms with Crippen LogP contribution in [-0.2, 0) is 4.74 Å². The number of benzene rings is 2. The van der Waals surface area contributed by atoms with E-state index in [0.717, 1.165) is 24.0 Å². The molecule has 110 valence electrons. The highest BCUT2D eigenvalue weighted by Crippen LogP contribution is 2.41. The topological polar surface area (TPSA) is 9.23 Å². The minimum Gasteiger partial charge on any atom is -0.365 e. The molecule has 0 aliphatic carbocycles. The summed E-state index contributed by atoms with van der Waals surface area (Å²) in [6.45, 7) is 0. The van der Waals surface area contributed by atoms with Crippen LogP contribution in [0.1, 0.15) is 36.2 Å². The van der Waals surface area contributed by atoms with Crippen LogP contribution in [0.4, 0.5) is 0 Å². The fourth-order valence-corrected chi connectivity index (χ4v) is 3.43. The highest BCUT2D eigenvalue weighted by molar-refractivity contribution is 6.30. The second-order valence-corrected chi connectivity index (χ2v) is 6.78. The molecule has 1 saturated heterocycles. The zero-order valence-electron chi connectivity index (χ0n) is 11.3. The minimum atomic E-state index is -0.0380. The van der Waals surface area contributed by atoms with Crippen molar-refractivity contribution in [2.24, 2.45) is 0 Å². The maximum Gasteiger partial charge on any atom is 0.0847 e. The van der Waals surface area contributed by atoms with E-state index < -0.39 is 0 Å². The molecule has 0 saturated carbocycles. The van der Waals surface area contributed by atoms with Gasteiger partial charge in [-0.25, -0.2) is 0 Å². The van der Waals surface area contributed by atoms with Crippen LogP contribution in [0.15, 0.2) is 48.5 Å². The molecule has 1 aliphatic rings. The van der Waals surface area contributed by atoms with Crippen molar-refractivity contribution in [3.05, 3.63) is 69.7 Å². The molecule has 3 rings (SSSR count). The maximum absolute atomic E-state index is 6.44. The Hall–Kier alpha value is -0.730. The van der Waals surface area contributed by atoms with Crippen molar-refractivity contribution in [2.45, 2.75) is 30.4 Å². The standard InChI is InChI=1S/C17H15Cl3O/c18-13-5-1-3-11(7-13)16-9-15(20)10-17(21-16)12-4-2-6-14(19)8-12/h1-8,15-17H,9-10H2/t15?,16-,17+. The molecule has 1 heterocycles. The number of halogens is 3. The predicted molar refractivity (Wildman–Crippen MR) is 88.3 cm³/mol. The third-order valence-electron chi connectivity index (χ3n) is 3.71. The second-order valence-electron chi connectivity index (χ2n) is 5.29. The summed E-state index contributed by atoms with van der Waals surface area (Å²) in [7, 11) is 0. The molecule has 0 spiro atoms. The Morgan fingerprint density at radius 3 is 1.71 bits per heavy atom. The highest BCUT2D eigenvalue weighted by Gasteiger charge is 2.30. The van der Waals surface area contributed by atoms with Crippen LogP contribution in [0.5, 0.6) is 0 Å². The molecule has 2 aromatic carbocycles. The smallest absolute Gasteiger partial charge is 0.0847 e. The van der Waals surface area contributed by atoms with Crippen molar-refractivity contribution in [2.75, 3.05) is 0 Å². The number of rotatable bonds is 2. The van der Waals surface area contributed by atoms with Gasteiger partial charge in [0.1, 0.15) is 0 Å². The Bertz CT molecular complexity index is 575.